The number of hydrogen-bond donors (Lipinski definition) is 1. The summed E-state index contributed by atoms with van der Waals surface area (Å²) in [6.07, 6.45) is 3.44. The molecule has 0 amide bonds. The lowest BCUT2D eigenvalue weighted by Crippen LogP contribution is -2.00. The third-order valence-electron chi connectivity index (χ3n) is 3.03. The normalized spacial score (nSPS) is 10.5. The zero-order valence-corrected chi connectivity index (χ0v) is 12.4. The van der Waals surface area contributed by atoms with Crippen LogP contribution in [0, 0.1) is 10.1 Å². The van der Waals surface area contributed by atoms with Crippen molar-refractivity contribution in [2.24, 2.45) is 0 Å². The Kier molecular flexibility index (Phi) is 4.68. The van der Waals surface area contributed by atoms with Gasteiger partial charge in [-0.05, 0) is 18.9 Å². The summed E-state index contributed by atoms with van der Waals surface area (Å²) >= 11 is 1.66. The third-order valence-corrected chi connectivity index (χ3v) is 4.18. The summed E-state index contributed by atoms with van der Waals surface area (Å²) in [7, 11) is 0. The van der Waals surface area contributed by atoms with Gasteiger partial charge >= 0.3 is 0 Å². The van der Waals surface area contributed by atoms with E-state index in [0.717, 1.165) is 27.6 Å². The van der Waals surface area contributed by atoms with Gasteiger partial charge in [0.05, 0.1) is 16.5 Å². The van der Waals surface area contributed by atoms with Gasteiger partial charge in [-0.3, -0.25) is 10.1 Å². The van der Waals surface area contributed by atoms with E-state index in [1.807, 2.05) is 25.3 Å². The average Bonchev–Trinajstić information content (AvgIpc) is 2.92. The lowest BCUT2D eigenvalue weighted by atomic mass is 10.1. The van der Waals surface area contributed by atoms with Crippen molar-refractivity contribution in [3.63, 3.8) is 0 Å². The van der Waals surface area contributed by atoms with Gasteiger partial charge < -0.3 is 5.32 Å². The minimum Gasteiger partial charge on any atom is -0.380 e. The number of hydrogen-bond acceptors (Lipinski definition) is 5. The number of aromatic nitrogens is 1. The molecule has 1 heterocycles. The van der Waals surface area contributed by atoms with Gasteiger partial charge in [-0.2, -0.15) is 0 Å². The number of aryl methyl sites for hydroxylation is 2. The van der Waals surface area contributed by atoms with Crippen molar-refractivity contribution in [3.05, 3.63) is 50.0 Å². The smallest absolute Gasteiger partial charge is 0.274 e. The Morgan fingerprint density at radius 3 is 2.75 bits per heavy atom. The predicted molar refractivity (Wildman–Crippen MR) is 81.3 cm³/mol. The molecule has 0 aliphatic rings. The van der Waals surface area contributed by atoms with Crippen molar-refractivity contribution in [1.29, 1.82) is 0 Å². The zero-order valence-electron chi connectivity index (χ0n) is 11.5. The largest absolute Gasteiger partial charge is 0.380 e. The van der Waals surface area contributed by atoms with Crippen molar-refractivity contribution in [3.8, 4) is 0 Å². The van der Waals surface area contributed by atoms with Gasteiger partial charge in [-0.15, -0.1) is 11.3 Å². The van der Waals surface area contributed by atoms with Gasteiger partial charge in [0, 0.05) is 28.4 Å². The molecular formula is C14H17N3O2S. The lowest BCUT2D eigenvalue weighted by molar-refractivity contribution is -0.385. The van der Waals surface area contributed by atoms with Crippen LogP contribution in [0.1, 0.15) is 29.3 Å². The summed E-state index contributed by atoms with van der Waals surface area (Å²) in [5.41, 5.74) is 1.70. The monoisotopic (exact) mass is 291 g/mol. The maximum absolute atomic E-state index is 11.0. The van der Waals surface area contributed by atoms with Crippen molar-refractivity contribution < 1.29 is 4.92 Å². The number of rotatable bonds is 6. The van der Waals surface area contributed by atoms with E-state index in [9.17, 15) is 10.1 Å². The van der Waals surface area contributed by atoms with E-state index >= 15 is 0 Å². The van der Waals surface area contributed by atoms with Crippen LogP contribution in [-0.4, -0.2) is 9.91 Å². The van der Waals surface area contributed by atoms with Crippen LogP contribution in [0.4, 0.5) is 11.4 Å². The molecule has 0 unspecified atom stereocenters. The molecule has 0 fully saturated rings. The van der Waals surface area contributed by atoms with Crippen LogP contribution >= 0.6 is 11.3 Å². The molecule has 0 aliphatic carbocycles. The quantitative estimate of drug-likeness (QED) is 0.649. The van der Waals surface area contributed by atoms with Crippen LogP contribution in [0.3, 0.4) is 0 Å². The molecule has 106 valence electrons. The molecule has 0 bridgehead atoms. The Balaban J connectivity index is 2.09. The van der Waals surface area contributed by atoms with Crippen LogP contribution in [0.15, 0.2) is 24.4 Å². The fourth-order valence-electron chi connectivity index (χ4n) is 1.93. The number of nitro benzene ring substituents is 1. The van der Waals surface area contributed by atoms with Crippen molar-refractivity contribution in [1.82, 2.24) is 4.98 Å². The van der Waals surface area contributed by atoms with Gasteiger partial charge in [0.25, 0.3) is 5.69 Å². The Hall–Kier alpha value is -1.95. The highest BCUT2D eigenvalue weighted by atomic mass is 32.1. The molecule has 0 spiro atoms. The zero-order chi connectivity index (χ0) is 14.5. The molecule has 1 aromatic heterocycles. The maximum atomic E-state index is 11.0. The lowest BCUT2D eigenvalue weighted by Gasteiger charge is -2.06. The number of benzene rings is 1. The first-order valence-corrected chi connectivity index (χ1v) is 7.40. The Morgan fingerprint density at radius 2 is 2.15 bits per heavy atom. The van der Waals surface area contributed by atoms with Crippen LogP contribution in [0.25, 0.3) is 0 Å². The summed E-state index contributed by atoms with van der Waals surface area (Å²) < 4.78 is 0. The Bertz CT molecular complexity index is 610. The summed E-state index contributed by atoms with van der Waals surface area (Å²) in [6, 6.07) is 5.29. The number of anilines is 1. The van der Waals surface area contributed by atoms with E-state index in [-0.39, 0.29) is 10.6 Å². The van der Waals surface area contributed by atoms with Crippen molar-refractivity contribution in [2.45, 2.75) is 33.2 Å². The number of nitro groups is 1. The SMILES string of the molecule is CCc1ncc(CNc2ccc(CC)c([N+](=O)[O-])c2)s1. The number of thiazole rings is 1. The fraction of sp³-hybridized carbons (Fsp3) is 0.357. The Morgan fingerprint density at radius 1 is 1.35 bits per heavy atom. The van der Waals surface area contributed by atoms with E-state index in [1.165, 1.54) is 0 Å². The molecule has 0 saturated carbocycles. The molecule has 0 saturated heterocycles. The molecule has 0 atom stereocenters. The third kappa shape index (κ3) is 3.33. The standard InChI is InChI=1S/C14H17N3O2S/c1-3-10-5-6-11(7-13(10)17(18)19)15-8-12-9-16-14(4-2)20-12/h5-7,9,15H,3-4,8H2,1-2H3. The molecule has 1 aromatic carbocycles. The van der Waals surface area contributed by atoms with E-state index in [4.69, 9.17) is 0 Å². The molecule has 2 aromatic rings. The highest BCUT2D eigenvalue weighted by Crippen LogP contribution is 2.24. The van der Waals surface area contributed by atoms with E-state index in [2.05, 4.69) is 17.2 Å². The summed E-state index contributed by atoms with van der Waals surface area (Å²) in [5, 5.41) is 15.3. The highest BCUT2D eigenvalue weighted by molar-refractivity contribution is 7.11. The van der Waals surface area contributed by atoms with E-state index in [1.54, 1.807) is 17.4 Å². The minimum absolute atomic E-state index is 0.177. The first-order chi connectivity index (χ1) is 9.63. The molecule has 0 radical (unpaired) electrons. The molecule has 6 heteroatoms. The molecule has 1 N–H and O–H groups in total. The van der Waals surface area contributed by atoms with E-state index in [0.29, 0.717) is 13.0 Å². The number of nitrogens with zero attached hydrogens (tertiary/aromatic N) is 2. The number of nitrogens with one attached hydrogen (secondary N) is 1. The Labute approximate surface area is 121 Å². The van der Waals surface area contributed by atoms with Crippen LogP contribution in [0.5, 0.6) is 0 Å². The second-order valence-electron chi connectivity index (χ2n) is 4.38. The van der Waals surface area contributed by atoms with Crippen LogP contribution in [0.2, 0.25) is 0 Å². The van der Waals surface area contributed by atoms with Gasteiger partial charge in [0.2, 0.25) is 0 Å². The van der Waals surface area contributed by atoms with Gasteiger partial charge in [0.1, 0.15) is 0 Å². The highest BCUT2D eigenvalue weighted by Gasteiger charge is 2.13. The van der Waals surface area contributed by atoms with Crippen LogP contribution in [-0.2, 0) is 19.4 Å². The average molecular weight is 291 g/mol. The summed E-state index contributed by atoms with van der Waals surface area (Å²) in [5.74, 6) is 0. The van der Waals surface area contributed by atoms with Crippen LogP contribution < -0.4 is 5.32 Å². The minimum atomic E-state index is -0.327. The summed E-state index contributed by atoms with van der Waals surface area (Å²) in [6.45, 7) is 4.63. The fourth-order valence-corrected chi connectivity index (χ4v) is 2.73. The molecular weight excluding hydrogens is 274 g/mol. The molecule has 2 rings (SSSR count). The van der Waals surface area contributed by atoms with Gasteiger partial charge in [-0.25, -0.2) is 4.98 Å². The first kappa shape index (κ1) is 14.5. The van der Waals surface area contributed by atoms with Crippen molar-refractivity contribution >= 4 is 22.7 Å². The van der Waals surface area contributed by atoms with Gasteiger partial charge in [0.15, 0.2) is 0 Å². The second kappa shape index (κ2) is 6.47. The maximum Gasteiger partial charge on any atom is 0.274 e. The predicted octanol–water partition coefficient (Wildman–Crippen LogP) is 3.79. The van der Waals surface area contributed by atoms with Gasteiger partial charge in [-0.1, -0.05) is 19.9 Å². The first-order valence-electron chi connectivity index (χ1n) is 6.58. The molecule has 20 heavy (non-hydrogen) atoms. The van der Waals surface area contributed by atoms with E-state index < -0.39 is 0 Å². The topological polar surface area (TPSA) is 68.1 Å². The summed E-state index contributed by atoms with van der Waals surface area (Å²) in [4.78, 5) is 16.1. The van der Waals surface area contributed by atoms with Crippen molar-refractivity contribution in [2.75, 3.05) is 5.32 Å². The molecule has 0 aliphatic heterocycles. The second-order valence-corrected chi connectivity index (χ2v) is 5.58. The molecule has 5 nitrogen and oxygen atoms in total.